The molecule has 4 heteroatoms. The predicted molar refractivity (Wildman–Crippen MR) is 39.0 cm³/mol. The molecule has 0 amide bonds. The first-order chi connectivity index (χ1) is 4.79. The molecular formula is C6H8N3S+. The van der Waals surface area contributed by atoms with Gasteiger partial charge in [0.1, 0.15) is 13.2 Å². The largest absolute Gasteiger partial charge is 0.253 e. The van der Waals surface area contributed by atoms with Gasteiger partial charge in [-0.2, -0.15) is 0 Å². The van der Waals surface area contributed by atoms with E-state index < -0.39 is 0 Å². The van der Waals surface area contributed by atoms with Gasteiger partial charge in [0, 0.05) is 12.3 Å². The van der Waals surface area contributed by atoms with Gasteiger partial charge in [-0.25, -0.2) is 0 Å². The van der Waals surface area contributed by atoms with Gasteiger partial charge < -0.3 is 0 Å². The van der Waals surface area contributed by atoms with Crippen LogP contribution in [0.3, 0.4) is 0 Å². The number of hydrogen-bond donors (Lipinski definition) is 0. The van der Waals surface area contributed by atoms with Gasteiger partial charge in [-0.05, 0) is 0 Å². The lowest BCUT2D eigenvalue weighted by Crippen LogP contribution is -2.20. The lowest BCUT2D eigenvalue weighted by Gasteiger charge is -1.76. The molecule has 2 aromatic heterocycles. The van der Waals surface area contributed by atoms with Crippen molar-refractivity contribution in [2.24, 2.45) is 7.05 Å². The van der Waals surface area contributed by atoms with Crippen molar-refractivity contribution in [3.8, 4) is 0 Å². The van der Waals surface area contributed by atoms with Gasteiger partial charge in [0.05, 0.1) is 5.21 Å². The molecule has 10 heavy (non-hydrogen) atoms. The van der Waals surface area contributed by atoms with Gasteiger partial charge in [0.25, 0.3) is 4.83 Å². The van der Waals surface area contributed by atoms with Gasteiger partial charge in [0.2, 0.25) is 0 Å². The molecule has 0 fully saturated rings. The molecule has 0 bridgehead atoms. The summed E-state index contributed by atoms with van der Waals surface area (Å²) in [4.78, 5) is 1.22. The summed E-state index contributed by atoms with van der Waals surface area (Å²) >= 11 is 1.71. The number of rotatable bonds is 0. The molecule has 0 saturated heterocycles. The summed E-state index contributed by atoms with van der Waals surface area (Å²) < 4.78 is 3.77. The van der Waals surface area contributed by atoms with Crippen molar-refractivity contribution in [2.45, 2.75) is 6.92 Å². The normalized spacial score (nSPS) is 11.0. The number of nitrogens with zero attached hydrogens (tertiary/aromatic N) is 3. The van der Waals surface area contributed by atoms with E-state index in [0.717, 1.165) is 0 Å². The minimum atomic E-state index is 1.22. The maximum Gasteiger partial charge on any atom is 0.253 e. The maximum absolute atomic E-state index is 4.22. The lowest BCUT2D eigenvalue weighted by atomic mass is 10.5. The summed E-state index contributed by atoms with van der Waals surface area (Å²) in [6.07, 6.45) is 1.97. The second-order valence-corrected chi connectivity index (χ2v) is 3.15. The molecule has 0 radical (unpaired) electrons. The van der Waals surface area contributed by atoms with E-state index in [1.165, 1.54) is 10.5 Å². The Balaban J connectivity index is 2.95. The smallest absolute Gasteiger partial charge is 0.136 e. The van der Waals surface area contributed by atoms with Crippen LogP contribution in [0.4, 0.5) is 0 Å². The Bertz CT molecular complexity index is 360. The highest BCUT2D eigenvalue weighted by molar-refractivity contribution is 7.15. The summed E-state index contributed by atoms with van der Waals surface area (Å²) in [7, 11) is 1.95. The molecule has 0 aromatic carbocycles. The number of aryl methyl sites for hydroxylation is 2. The molecule has 0 aliphatic carbocycles. The summed E-state index contributed by atoms with van der Waals surface area (Å²) in [5.74, 6) is 0. The van der Waals surface area contributed by atoms with Crippen LogP contribution in [-0.4, -0.2) is 9.90 Å². The quantitative estimate of drug-likeness (QED) is 0.507. The standard InChI is InChI=1S/C6H8N3S/c1-5-6-9(3-4-10-6)7-8(5)2/h3-4H,1-2H3/q+1. The van der Waals surface area contributed by atoms with Crippen molar-refractivity contribution >= 4 is 16.2 Å². The van der Waals surface area contributed by atoms with Crippen LogP contribution in [0.25, 0.3) is 4.83 Å². The van der Waals surface area contributed by atoms with E-state index in [9.17, 15) is 0 Å². The molecule has 0 aliphatic rings. The Morgan fingerprint density at radius 3 is 3.20 bits per heavy atom. The van der Waals surface area contributed by atoms with Crippen LogP contribution in [0.15, 0.2) is 11.6 Å². The lowest BCUT2D eigenvalue weighted by molar-refractivity contribution is -0.580. The fourth-order valence-corrected chi connectivity index (χ4v) is 1.76. The van der Waals surface area contributed by atoms with E-state index in [-0.39, 0.29) is 0 Å². The number of thiazole rings is 1. The molecular weight excluding hydrogens is 146 g/mol. The van der Waals surface area contributed by atoms with Crippen molar-refractivity contribution in [3.63, 3.8) is 0 Å². The molecule has 3 nitrogen and oxygen atoms in total. The first kappa shape index (κ1) is 5.85. The Hall–Kier alpha value is -0.900. The zero-order valence-electron chi connectivity index (χ0n) is 5.90. The zero-order chi connectivity index (χ0) is 7.14. The van der Waals surface area contributed by atoms with Crippen molar-refractivity contribution in [1.82, 2.24) is 9.90 Å². The number of hydrogen-bond acceptors (Lipinski definition) is 2. The molecule has 0 unspecified atom stereocenters. The molecule has 52 valence electrons. The predicted octanol–water partition coefficient (Wildman–Crippen LogP) is 0.529. The van der Waals surface area contributed by atoms with Crippen molar-refractivity contribution < 1.29 is 4.52 Å². The van der Waals surface area contributed by atoms with Crippen molar-refractivity contribution in [3.05, 3.63) is 17.3 Å². The van der Waals surface area contributed by atoms with E-state index in [1.807, 2.05) is 27.8 Å². The van der Waals surface area contributed by atoms with Crippen LogP contribution in [0.2, 0.25) is 0 Å². The van der Waals surface area contributed by atoms with Crippen molar-refractivity contribution in [1.29, 1.82) is 0 Å². The Morgan fingerprint density at radius 1 is 1.70 bits per heavy atom. The monoisotopic (exact) mass is 154 g/mol. The molecule has 0 N–H and O–H groups in total. The second-order valence-electron chi connectivity index (χ2n) is 2.25. The second kappa shape index (κ2) is 1.79. The molecule has 0 saturated carbocycles. The number of aromatic nitrogens is 3. The summed E-state index contributed by atoms with van der Waals surface area (Å²) in [5.41, 5.74) is 1.22. The minimum absolute atomic E-state index is 1.22. The van der Waals surface area contributed by atoms with E-state index in [0.29, 0.717) is 0 Å². The van der Waals surface area contributed by atoms with Gasteiger partial charge in [-0.3, -0.25) is 0 Å². The highest BCUT2D eigenvalue weighted by atomic mass is 32.1. The number of fused-ring (bicyclic) bond motifs is 1. The zero-order valence-corrected chi connectivity index (χ0v) is 6.72. The highest BCUT2D eigenvalue weighted by Gasteiger charge is 2.12. The molecule has 0 aliphatic heterocycles. The van der Waals surface area contributed by atoms with E-state index in [1.54, 1.807) is 11.3 Å². The van der Waals surface area contributed by atoms with E-state index in [4.69, 9.17) is 0 Å². The van der Waals surface area contributed by atoms with Crippen LogP contribution in [0.5, 0.6) is 0 Å². The Labute approximate surface area is 62.5 Å². The molecule has 2 rings (SSSR count). The third-order valence-electron chi connectivity index (χ3n) is 1.62. The molecule has 0 spiro atoms. The Kier molecular flexibility index (Phi) is 1.05. The van der Waals surface area contributed by atoms with Crippen LogP contribution >= 0.6 is 11.3 Å². The summed E-state index contributed by atoms with van der Waals surface area (Å²) in [6.45, 7) is 2.07. The fourth-order valence-electron chi connectivity index (χ4n) is 0.946. The average molecular weight is 154 g/mol. The Morgan fingerprint density at radius 2 is 2.50 bits per heavy atom. The van der Waals surface area contributed by atoms with Crippen LogP contribution < -0.4 is 4.52 Å². The first-order valence-corrected chi connectivity index (χ1v) is 3.96. The van der Waals surface area contributed by atoms with Crippen molar-refractivity contribution in [2.75, 3.05) is 0 Å². The third kappa shape index (κ3) is 0.593. The van der Waals surface area contributed by atoms with Crippen LogP contribution in [0.1, 0.15) is 5.69 Å². The third-order valence-corrected chi connectivity index (χ3v) is 2.58. The van der Waals surface area contributed by atoms with Gasteiger partial charge in [-0.1, -0.05) is 15.9 Å². The summed E-state index contributed by atoms with van der Waals surface area (Å²) in [6, 6.07) is 0. The maximum atomic E-state index is 4.22. The van der Waals surface area contributed by atoms with Gasteiger partial charge in [-0.15, -0.1) is 4.68 Å². The van der Waals surface area contributed by atoms with E-state index >= 15 is 0 Å². The minimum Gasteiger partial charge on any atom is -0.136 e. The van der Waals surface area contributed by atoms with Crippen LogP contribution in [0, 0.1) is 6.92 Å². The van der Waals surface area contributed by atoms with Gasteiger partial charge in [0.15, 0.2) is 5.69 Å². The molecule has 2 aromatic rings. The average Bonchev–Trinajstić information content (AvgIpc) is 2.41. The van der Waals surface area contributed by atoms with E-state index in [2.05, 4.69) is 12.1 Å². The first-order valence-electron chi connectivity index (χ1n) is 3.08. The highest BCUT2D eigenvalue weighted by Crippen LogP contribution is 2.08. The summed E-state index contributed by atoms with van der Waals surface area (Å²) in [5, 5.41) is 6.25. The fraction of sp³-hybridized carbons (Fsp3) is 0.333. The molecule has 2 heterocycles. The van der Waals surface area contributed by atoms with Crippen LogP contribution in [-0.2, 0) is 7.05 Å². The topological polar surface area (TPSA) is 21.9 Å². The SMILES string of the molecule is Cc1c2scc[n+]2nn1C. The molecule has 0 atom stereocenters. The van der Waals surface area contributed by atoms with Gasteiger partial charge >= 0.3 is 0 Å².